The molecule has 170 valence electrons. The predicted molar refractivity (Wildman–Crippen MR) is 123 cm³/mol. The number of nitrogens with zero attached hydrogens (tertiary/aromatic N) is 3. The van der Waals surface area contributed by atoms with Gasteiger partial charge in [0.1, 0.15) is 0 Å². The van der Waals surface area contributed by atoms with Gasteiger partial charge in [0.2, 0.25) is 10.0 Å². The minimum Gasteiger partial charge on any atom is -0.465 e. The minimum atomic E-state index is -3.51. The summed E-state index contributed by atoms with van der Waals surface area (Å²) in [4.78, 5) is 18.2. The van der Waals surface area contributed by atoms with Gasteiger partial charge in [-0.15, -0.1) is 12.4 Å². The molecule has 1 aromatic carbocycles. The Hall–Kier alpha value is -2.20. The molecule has 10 heteroatoms. The number of carbonyl (C=O) groups is 1. The maximum atomic E-state index is 12.8. The molecule has 1 fully saturated rings. The lowest BCUT2D eigenvalue weighted by Crippen LogP contribution is -2.42. The number of rotatable bonds is 8. The second-order valence-electron chi connectivity index (χ2n) is 7.13. The Morgan fingerprint density at radius 1 is 1.23 bits per heavy atom. The molecule has 0 unspecified atom stereocenters. The standard InChI is InChI=1S/C21H28N4O4S.ClH/c1-3-30(27,28)25(16-19-8-7-18(14-23-19)21(26)29-2)20-6-4-5-17(13-20)15-24-11-9-22-10-12-24;/h4-8,13-14,22H,3,9-12,15-16H2,1-2H3;1H. The lowest BCUT2D eigenvalue weighted by molar-refractivity contribution is 0.0600. The van der Waals surface area contributed by atoms with E-state index in [4.69, 9.17) is 0 Å². The van der Waals surface area contributed by atoms with Gasteiger partial charge >= 0.3 is 5.97 Å². The highest BCUT2D eigenvalue weighted by Crippen LogP contribution is 2.23. The number of hydrogen-bond acceptors (Lipinski definition) is 7. The number of pyridine rings is 1. The fourth-order valence-corrected chi connectivity index (χ4v) is 4.42. The number of sulfonamides is 1. The molecule has 8 nitrogen and oxygen atoms in total. The molecule has 0 aliphatic carbocycles. The van der Waals surface area contributed by atoms with E-state index in [1.54, 1.807) is 25.1 Å². The van der Waals surface area contributed by atoms with Crippen molar-refractivity contribution in [1.82, 2.24) is 15.2 Å². The Balaban J connectivity index is 0.00000341. The third-order valence-corrected chi connectivity index (χ3v) is 6.81. The second-order valence-corrected chi connectivity index (χ2v) is 9.31. The molecule has 0 bridgehead atoms. The summed E-state index contributed by atoms with van der Waals surface area (Å²) in [5.74, 6) is -0.498. The maximum absolute atomic E-state index is 12.8. The summed E-state index contributed by atoms with van der Waals surface area (Å²) in [5.41, 5.74) is 2.55. The molecule has 0 amide bonds. The molecule has 1 aliphatic heterocycles. The highest BCUT2D eigenvalue weighted by atomic mass is 35.5. The van der Waals surface area contributed by atoms with Crippen LogP contribution in [0.1, 0.15) is 28.5 Å². The van der Waals surface area contributed by atoms with E-state index in [2.05, 4.69) is 19.9 Å². The number of esters is 1. The average Bonchev–Trinajstić information content (AvgIpc) is 2.78. The first-order chi connectivity index (χ1) is 14.4. The van der Waals surface area contributed by atoms with E-state index in [-0.39, 0.29) is 24.7 Å². The molecule has 3 rings (SSSR count). The van der Waals surface area contributed by atoms with E-state index in [9.17, 15) is 13.2 Å². The summed E-state index contributed by atoms with van der Waals surface area (Å²) < 4.78 is 31.7. The van der Waals surface area contributed by atoms with Crippen LogP contribution in [0.5, 0.6) is 0 Å². The fraction of sp³-hybridized carbons (Fsp3) is 0.429. The number of nitrogens with one attached hydrogen (secondary N) is 1. The molecular weight excluding hydrogens is 440 g/mol. The molecule has 2 heterocycles. The predicted octanol–water partition coefficient (Wildman–Crippen LogP) is 2.05. The summed E-state index contributed by atoms with van der Waals surface area (Å²) in [6, 6.07) is 10.9. The van der Waals surface area contributed by atoms with Crippen molar-refractivity contribution >= 4 is 34.1 Å². The fourth-order valence-electron chi connectivity index (χ4n) is 3.35. The van der Waals surface area contributed by atoms with Crippen molar-refractivity contribution in [3.63, 3.8) is 0 Å². The van der Waals surface area contributed by atoms with Gasteiger partial charge in [-0.05, 0) is 36.8 Å². The zero-order chi connectivity index (χ0) is 21.6. The number of halogens is 1. The highest BCUT2D eigenvalue weighted by molar-refractivity contribution is 7.92. The molecule has 31 heavy (non-hydrogen) atoms. The number of ether oxygens (including phenoxy) is 1. The Bertz CT molecular complexity index is 964. The Morgan fingerprint density at radius 2 is 1.97 bits per heavy atom. The van der Waals surface area contributed by atoms with Crippen LogP contribution in [0.25, 0.3) is 0 Å². The van der Waals surface area contributed by atoms with Crippen molar-refractivity contribution < 1.29 is 17.9 Å². The van der Waals surface area contributed by atoms with Crippen LogP contribution in [0.2, 0.25) is 0 Å². The van der Waals surface area contributed by atoms with Gasteiger partial charge < -0.3 is 10.1 Å². The molecule has 1 aliphatic rings. The minimum absolute atomic E-state index is 0. The van der Waals surface area contributed by atoms with Crippen molar-refractivity contribution in [2.75, 3.05) is 43.3 Å². The number of hydrogen-bond donors (Lipinski definition) is 1. The molecule has 1 N–H and O–H groups in total. The summed E-state index contributed by atoms with van der Waals surface area (Å²) in [6.07, 6.45) is 1.40. The van der Waals surface area contributed by atoms with Gasteiger partial charge in [0.15, 0.2) is 0 Å². The van der Waals surface area contributed by atoms with Crippen LogP contribution in [0.3, 0.4) is 0 Å². The van der Waals surface area contributed by atoms with Crippen LogP contribution in [-0.4, -0.2) is 63.3 Å². The molecule has 0 radical (unpaired) electrons. The van der Waals surface area contributed by atoms with Crippen LogP contribution in [0, 0.1) is 0 Å². The van der Waals surface area contributed by atoms with E-state index < -0.39 is 16.0 Å². The van der Waals surface area contributed by atoms with Gasteiger partial charge in [0, 0.05) is 38.9 Å². The molecular formula is C21H29ClN4O4S. The van der Waals surface area contributed by atoms with Crippen molar-refractivity contribution in [1.29, 1.82) is 0 Å². The third kappa shape index (κ3) is 6.64. The Kier molecular flexibility index (Phi) is 9.24. The van der Waals surface area contributed by atoms with E-state index in [0.717, 1.165) is 38.3 Å². The van der Waals surface area contributed by atoms with Gasteiger partial charge in [0.25, 0.3) is 0 Å². The van der Waals surface area contributed by atoms with Gasteiger partial charge in [-0.2, -0.15) is 0 Å². The number of methoxy groups -OCH3 is 1. The summed E-state index contributed by atoms with van der Waals surface area (Å²) in [5, 5.41) is 3.33. The SMILES string of the molecule is CCS(=O)(=O)N(Cc1ccc(C(=O)OC)cn1)c1cccc(CN2CCNCC2)c1.Cl. The molecule has 1 saturated heterocycles. The largest absolute Gasteiger partial charge is 0.465 e. The Morgan fingerprint density at radius 3 is 2.58 bits per heavy atom. The Labute approximate surface area is 190 Å². The zero-order valence-electron chi connectivity index (χ0n) is 17.8. The summed E-state index contributed by atoms with van der Waals surface area (Å²) >= 11 is 0. The topological polar surface area (TPSA) is 91.8 Å². The average molecular weight is 469 g/mol. The maximum Gasteiger partial charge on any atom is 0.339 e. The second kappa shape index (κ2) is 11.4. The van der Waals surface area contributed by atoms with Crippen molar-refractivity contribution in [2.45, 2.75) is 20.0 Å². The first-order valence-corrected chi connectivity index (χ1v) is 11.6. The van der Waals surface area contributed by atoms with Gasteiger partial charge in [-0.3, -0.25) is 14.2 Å². The number of carbonyl (C=O) groups excluding carboxylic acids is 1. The van der Waals surface area contributed by atoms with Crippen molar-refractivity contribution in [3.8, 4) is 0 Å². The lowest BCUT2D eigenvalue weighted by Gasteiger charge is -2.28. The first-order valence-electron chi connectivity index (χ1n) is 9.98. The van der Waals surface area contributed by atoms with E-state index >= 15 is 0 Å². The lowest BCUT2D eigenvalue weighted by atomic mass is 10.1. The molecule has 0 spiro atoms. The smallest absolute Gasteiger partial charge is 0.339 e. The van der Waals surface area contributed by atoms with Gasteiger partial charge in [0.05, 0.1) is 36.4 Å². The van der Waals surface area contributed by atoms with Crippen LogP contribution in [-0.2, 0) is 27.8 Å². The van der Waals surface area contributed by atoms with Crippen LogP contribution < -0.4 is 9.62 Å². The number of anilines is 1. The van der Waals surface area contributed by atoms with E-state index in [1.165, 1.54) is 17.6 Å². The molecule has 0 saturated carbocycles. The zero-order valence-corrected chi connectivity index (χ0v) is 19.4. The van der Waals surface area contributed by atoms with Crippen LogP contribution in [0.4, 0.5) is 5.69 Å². The monoisotopic (exact) mass is 468 g/mol. The first kappa shape index (κ1) is 25.1. The number of benzene rings is 1. The van der Waals surface area contributed by atoms with Crippen LogP contribution >= 0.6 is 12.4 Å². The molecule has 0 atom stereocenters. The number of piperazine rings is 1. The molecule has 2 aromatic rings. The number of aromatic nitrogens is 1. The van der Waals surface area contributed by atoms with E-state index in [1.807, 2.05) is 18.2 Å². The quantitative estimate of drug-likeness (QED) is 0.593. The van der Waals surface area contributed by atoms with Gasteiger partial charge in [-0.25, -0.2) is 13.2 Å². The summed E-state index contributed by atoms with van der Waals surface area (Å²) in [7, 11) is -2.21. The summed E-state index contributed by atoms with van der Waals surface area (Å²) in [6.45, 7) is 6.36. The normalized spacial score (nSPS) is 14.5. The third-order valence-electron chi connectivity index (χ3n) is 5.07. The van der Waals surface area contributed by atoms with Gasteiger partial charge in [-0.1, -0.05) is 12.1 Å². The van der Waals surface area contributed by atoms with E-state index in [0.29, 0.717) is 16.9 Å². The molecule has 1 aromatic heterocycles. The van der Waals surface area contributed by atoms with Crippen LogP contribution in [0.15, 0.2) is 42.6 Å². The van der Waals surface area contributed by atoms with Crippen molar-refractivity contribution in [3.05, 3.63) is 59.4 Å². The highest BCUT2D eigenvalue weighted by Gasteiger charge is 2.22. The van der Waals surface area contributed by atoms with Crippen molar-refractivity contribution in [2.24, 2.45) is 0 Å².